The number of hydrogen-bond acceptors (Lipinski definition) is 4. The molecule has 0 bridgehead atoms. The van der Waals surface area contributed by atoms with E-state index in [2.05, 4.69) is 15.3 Å². The van der Waals surface area contributed by atoms with Crippen molar-refractivity contribution in [2.75, 3.05) is 6.54 Å². The summed E-state index contributed by atoms with van der Waals surface area (Å²) in [5.74, 6) is -0.955. The van der Waals surface area contributed by atoms with Crippen molar-refractivity contribution in [1.29, 1.82) is 0 Å². The fraction of sp³-hybridized carbons (Fsp3) is 0.357. The average Bonchev–Trinajstić information content (AvgIpc) is 3.11. The number of nitrogens with zero attached hydrogens (tertiary/aromatic N) is 3. The smallest absolute Gasteiger partial charge is 0.335 e. The van der Waals surface area contributed by atoms with Gasteiger partial charge in [-0.1, -0.05) is 0 Å². The van der Waals surface area contributed by atoms with Gasteiger partial charge < -0.3 is 15.0 Å². The summed E-state index contributed by atoms with van der Waals surface area (Å²) in [5.41, 5.74) is 1.51. The summed E-state index contributed by atoms with van der Waals surface area (Å²) in [6.45, 7) is 1.96. The summed E-state index contributed by atoms with van der Waals surface area (Å²) in [6, 6.07) is 3.52. The molecule has 3 heterocycles. The number of imidazole rings is 1. The molecule has 0 aliphatic carbocycles. The van der Waals surface area contributed by atoms with Gasteiger partial charge in [0, 0.05) is 25.0 Å². The lowest BCUT2D eigenvalue weighted by atomic mass is 10.2. The van der Waals surface area contributed by atoms with Gasteiger partial charge in [-0.05, 0) is 31.5 Å². The zero-order chi connectivity index (χ0) is 13.9. The SMILES string of the molecule is O=C(O)c1ccnc(-c2cn(CC3CCCN3)cn2)c1. The first kappa shape index (κ1) is 12.8. The Morgan fingerprint density at radius 3 is 3.10 bits per heavy atom. The topological polar surface area (TPSA) is 80.0 Å². The average molecular weight is 272 g/mol. The number of nitrogens with one attached hydrogen (secondary N) is 1. The highest BCUT2D eigenvalue weighted by atomic mass is 16.4. The Morgan fingerprint density at radius 1 is 1.45 bits per heavy atom. The highest BCUT2D eigenvalue weighted by molar-refractivity contribution is 5.88. The van der Waals surface area contributed by atoms with Crippen LogP contribution in [0.4, 0.5) is 0 Å². The van der Waals surface area contributed by atoms with Crippen LogP contribution in [0.15, 0.2) is 30.9 Å². The zero-order valence-corrected chi connectivity index (χ0v) is 11.0. The van der Waals surface area contributed by atoms with Crippen molar-refractivity contribution < 1.29 is 9.90 Å². The van der Waals surface area contributed by atoms with Crippen LogP contribution >= 0.6 is 0 Å². The number of aromatic nitrogens is 3. The fourth-order valence-electron chi connectivity index (χ4n) is 2.46. The van der Waals surface area contributed by atoms with Crippen molar-refractivity contribution in [2.45, 2.75) is 25.4 Å². The molecular formula is C14H16N4O2. The van der Waals surface area contributed by atoms with Crippen LogP contribution in [0.3, 0.4) is 0 Å². The molecule has 0 spiro atoms. The minimum atomic E-state index is -0.955. The largest absolute Gasteiger partial charge is 0.478 e. The Labute approximate surface area is 116 Å². The summed E-state index contributed by atoms with van der Waals surface area (Å²) in [7, 11) is 0. The molecule has 0 saturated carbocycles. The third-order valence-electron chi connectivity index (χ3n) is 3.50. The second kappa shape index (κ2) is 5.42. The molecule has 6 heteroatoms. The lowest BCUT2D eigenvalue weighted by Crippen LogP contribution is -2.26. The lowest BCUT2D eigenvalue weighted by Gasteiger charge is -2.09. The molecule has 0 radical (unpaired) electrons. The maximum Gasteiger partial charge on any atom is 0.335 e. The molecule has 1 fully saturated rings. The first-order valence-electron chi connectivity index (χ1n) is 6.67. The minimum Gasteiger partial charge on any atom is -0.478 e. The molecule has 1 saturated heterocycles. The maximum atomic E-state index is 11.0. The van der Waals surface area contributed by atoms with Crippen LogP contribution in [0.25, 0.3) is 11.4 Å². The van der Waals surface area contributed by atoms with E-state index in [1.807, 2.05) is 10.8 Å². The van der Waals surface area contributed by atoms with E-state index in [1.165, 1.54) is 25.1 Å². The van der Waals surface area contributed by atoms with Crippen LogP contribution < -0.4 is 5.32 Å². The first-order valence-corrected chi connectivity index (χ1v) is 6.67. The summed E-state index contributed by atoms with van der Waals surface area (Å²) in [4.78, 5) is 19.4. The molecular weight excluding hydrogens is 256 g/mol. The number of hydrogen-bond donors (Lipinski definition) is 2. The van der Waals surface area contributed by atoms with Gasteiger partial charge in [0.05, 0.1) is 17.6 Å². The molecule has 20 heavy (non-hydrogen) atoms. The number of carboxylic acids is 1. The summed E-state index contributed by atoms with van der Waals surface area (Å²) < 4.78 is 2.02. The highest BCUT2D eigenvalue weighted by Gasteiger charge is 2.15. The van der Waals surface area contributed by atoms with E-state index in [9.17, 15) is 4.79 Å². The monoisotopic (exact) mass is 272 g/mol. The third-order valence-corrected chi connectivity index (χ3v) is 3.50. The number of rotatable bonds is 4. The van der Waals surface area contributed by atoms with E-state index in [0.29, 0.717) is 17.4 Å². The van der Waals surface area contributed by atoms with E-state index in [1.54, 1.807) is 12.4 Å². The van der Waals surface area contributed by atoms with E-state index < -0.39 is 5.97 Å². The van der Waals surface area contributed by atoms with Gasteiger partial charge in [0.15, 0.2) is 0 Å². The van der Waals surface area contributed by atoms with Crippen molar-refractivity contribution >= 4 is 5.97 Å². The Balaban J connectivity index is 1.78. The van der Waals surface area contributed by atoms with Gasteiger partial charge in [-0.25, -0.2) is 9.78 Å². The predicted octanol–water partition coefficient (Wildman–Crippen LogP) is 1.40. The lowest BCUT2D eigenvalue weighted by molar-refractivity contribution is 0.0697. The summed E-state index contributed by atoms with van der Waals surface area (Å²) >= 11 is 0. The fourth-order valence-corrected chi connectivity index (χ4v) is 2.46. The van der Waals surface area contributed by atoms with Crippen LogP contribution in [-0.2, 0) is 6.54 Å². The van der Waals surface area contributed by atoms with Crippen molar-refractivity contribution in [3.63, 3.8) is 0 Å². The van der Waals surface area contributed by atoms with Crippen molar-refractivity contribution in [3.05, 3.63) is 36.4 Å². The van der Waals surface area contributed by atoms with Gasteiger partial charge in [0.1, 0.15) is 5.69 Å². The molecule has 1 unspecified atom stereocenters. The van der Waals surface area contributed by atoms with Crippen molar-refractivity contribution in [3.8, 4) is 11.4 Å². The van der Waals surface area contributed by atoms with Gasteiger partial charge in [-0.15, -0.1) is 0 Å². The predicted molar refractivity (Wildman–Crippen MR) is 73.4 cm³/mol. The van der Waals surface area contributed by atoms with E-state index in [-0.39, 0.29) is 5.56 Å². The Bertz CT molecular complexity index is 617. The van der Waals surface area contributed by atoms with Gasteiger partial charge >= 0.3 is 5.97 Å². The molecule has 1 atom stereocenters. The van der Waals surface area contributed by atoms with E-state index >= 15 is 0 Å². The second-order valence-electron chi connectivity index (χ2n) is 4.98. The first-order chi connectivity index (χ1) is 9.72. The van der Waals surface area contributed by atoms with Crippen molar-refractivity contribution in [2.24, 2.45) is 0 Å². The number of aromatic carboxylic acids is 1. The second-order valence-corrected chi connectivity index (χ2v) is 4.98. The third kappa shape index (κ3) is 2.70. The highest BCUT2D eigenvalue weighted by Crippen LogP contribution is 2.16. The molecule has 0 aromatic carbocycles. The summed E-state index contributed by atoms with van der Waals surface area (Å²) in [5, 5.41) is 12.4. The van der Waals surface area contributed by atoms with Crippen LogP contribution in [0.1, 0.15) is 23.2 Å². The standard InChI is InChI=1S/C14H16N4O2/c19-14(20)10-3-5-16-12(6-10)13-8-18(9-17-13)7-11-2-1-4-15-11/h3,5-6,8-9,11,15H,1-2,4,7H2,(H,19,20). The molecule has 2 aromatic heterocycles. The van der Waals surface area contributed by atoms with Crippen LogP contribution in [0.5, 0.6) is 0 Å². The molecule has 6 nitrogen and oxygen atoms in total. The van der Waals surface area contributed by atoms with Crippen LogP contribution in [-0.4, -0.2) is 38.2 Å². The minimum absolute atomic E-state index is 0.224. The maximum absolute atomic E-state index is 11.0. The molecule has 2 N–H and O–H groups in total. The molecule has 104 valence electrons. The Hall–Kier alpha value is -2.21. The quantitative estimate of drug-likeness (QED) is 0.879. The Kier molecular flexibility index (Phi) is 3.47. The molecule has 2 aromatic rings. The normalized spacial score (nSPS) is 18.3. The number of carbonyl (C=O) groups is 1. The molecule has 1 aliphatic heterocycles. The van der Waals surface area contributed by atoms with Crippen LogP contribution in [0.2, 0.25) is 0 Å². The summed E-state index contributed by atoms with van der Waals surface area (Å²) in [6.07, 6.45) is 7.57. The number of carboxylic acid groups (broad SMARTS) is 1. The zero-order valence-electron chi connectivity index (χ0n) is 11.0. The molecule has 3 rings (SSSR count). The molecule has 1 aliphatic rings. The van der Waals surface area contributed by atoms with E-state index in [0.717, 1.165) is 13.1 Å². The Morgan fingerprint density at radius 2 is 2.35 bits per heavy atom. The van der Waals surface area contributed by atoms with E-state index in [4.69, 9.17) is 5.11 Å². The van der Waals surface area contributed by atoms with Gasteiger partial charge in [0.25, 0.3) is 0 Å². The van der Waals surface area contributed by atoms with Gasteiger partial charge in [-0.3, -0.25) is 4.98 Å². The van der Waals surface area contributed by atoms with Gasteiger partial charge in [-0.2, -0.15) is 0 Å². The van der Waals surface area contributed by atoms with Gasteiger partial charge in [0.2, 0.25) is 0 Å². The number of pyridine rings is 1. The van der Waals surface area contributed by atoms with Crippen molar-refractivity contribution in [1.82, 2.24) is 19.9 Å². The molecule has 0 amide bonds. The van der Waals surface area contributed by atoms with Crippen LogP contribution in [0, 0.1) is 0 Å².